The molecule has 2 aliphatic heterocycles. The Bertz CT molecular complexity index is 1530. The number of fused-ring (bicyclic) bond motifs is 1. The van der Waals surface area contributed by atoms with Crippen LogP contribution in [0.25, 0.3) is 0 Å². The predicted molar refractivity (Wildman–Crippen MR) is 161 cm³/mol. The molecular weight excluding hydrogens is 529 g/mol. The SMILES string of the molecule is COc1cccc(F)c1CN1C[C@H](CC(=O)c2ccc3c(c2)C(c2ccnc(C)c2)=NC3)CC[C@H]1C(=O)CCC1CC1. The van der Waals surface area contributed by atoms with Crippen LogP contribution in [0.4, 0.5) is 4.39 Å². The fourth-order valence-electron chi connectivity index (χ4n) is 6.52. The number of hydrogen-bond acceptors (Lipinski definition) is 6. The fraction of sp³-hybridized carbons (Fsp3) is 0.429. The van der Waals surface area contributed by atoms with Gasteiger partial charge in [-0.3, -0.25) is 24.5 Å². The second-order valence-corrected chi connectivity index (χ2v) is 12.1. The number of halogens is 1. The Hall–Kier alpha value is -3.71. The first-order chi connectivity index (χ1) is 20.4. The topological polar surface area (TPSA) is 71.9 Å². The highest BCUT2D eigenvalue weighted by atomic mass is 19.1. The lowest BCUT2D eigenvalue weighted by Crippen LogP contribution is -2.47. The maximum atomic E-state index is 14.9. The van der Waals surface area contributed by atoms with E-state index in [9.17, 15) is 14.0 Å². The van der Waals surface area contributed by atoms with Crippen molar-refractivity contribution in [1.29, 1.82) is 0 Å². The molecule has 1 aromatic heterocycles. The molecule has 1 saturated heterocycles. The highest BCUT2D eigenvalue weighted by Crippen LogP contribution is 2.36. The van der Waals surface area contributed by atoms with Crippen LogP contribution in [0.1, 0.15) is 83.3 Å². The van der Waals surface area contributed by atoms with Crippen LogP contribution >= 0.6 is 0 Å². The van der Waals surface area contributed by atoms with Gasteiger partial charge in [-0.15, -0.1) is 0 Å². The maximum absolute atomic E-state index is 14.9. The van der Waals surface area contributed by atoms with Crippen LogP contribution in [0, 0.1) is 24.6 Å². The molecule has 2 fully saturated rings. The van der Waals surface area contributed by atoms with Crippen LogP contribution in [0.5, 0.6) is 5.75 Å². The Morgan fingerprint density at radius 2 is 1.88 bits per heavy atom. The lowest BCUT2D eigenvalue weighted by Gasteiger charge is -2.39. The number of hydrogen-bond donors (Lipinski definition) is 0. The summed E-state index contributed by atoms with van der Waals surface area (Å²) in [7, 11) is 1.54. The van der Waals surface area contributed by atoms with Crippen molar-refractivity contribution in [2.75, 3.05) is 13.7 Å². The van der Waals surface area contributed by atoms with Crippen molar-refractivity contribution in [3.63, 3.8) is 0 Å². The zero-order chi connectivity index (χ0) is 29.2. The van der Waals surface area contributed by atoms with Crippen molar-refractivity contribution in [1.82, 2.24) is 9.88 Å². The number of aliphatic imine (C=N–C) groups is 1. The van der Waals surface area contributed by atoms with Crippen molar-refractivity contribution >= 4 is 17.3 Å². The van der Waals surface area contributed by atoms with E-state index in [1.807, 2.05) is 37.3 Å². The van der Waals surface area contributed by atoms with Gasteiger partial charge in [0.15, 0.2) is 5.78 Å². The third kappa shape index (κ3) is 6.21. The molecule has 0 amide bonds. The number of aromatic nitrogens is 1. The Kier molecular flexibility index (Phi) is 8.29. The minimum atomic E-state index is -0.336. The van der Waals surface area contributed by atoms with E-state index in [0.717, 1.165) is 40.9 Å². The number of likely N-dealkylation sites (tertiary alicyclic amines) is 1. The van der Waals surface area contributed by atoms with Gasteiger partial charge < -0.3 is 4.74 Å². The zero-order valence-corrected chi connectivity index (χ0v) is 24.4. The van der Waals surface area contributed by atoms with Gasteiger partial charge in [-0.05, 0) is 73.9 Å². The second-order valence-electron chi connectivity index (χ2n) is 12.1. The van der Waals surface area contributed by atoms with Crippen LogP contribution in [0.15, 0.2) is 59.7 Å². The number of ether oxygens (including phenoxy) is 1. The summed E-state index contributed by atoms with van der Waals surface area (Å²) in [6.45, 7) is 3.41. The number of nitrogens with zero attached hydrogens (tertiary/aromatic N) is 3. The fourth-order valence-corrected chi connectivity index (χ4v) is 6.52. The molecule has 7 heteroatoms. The van der Waals surface area contributed by atoms with E-state index in [-0.39, 0.29) is 35.9 Å². The second kappa shape index (κ2) is 12.3. The van der Waals surface area contributed by atoms with Crippen molar-refractivity contribution in [3.05, 3.63) is 94.1 Å². The van der Waals surface area contributed by atoms with Crippen molar-refractivity contribution < 1.29 is 18.7 Å². The quantitative estimate of drug-likeness (QED) is 0.247. The molecule has 218 valence electrons. The van der Waals surface area contributed by atoms with Crippen molar-refractivity contribution in [2.24, 2.45) is 16.8 Å². The van der Waals surface area contributed by atoms with Gasteiger partial charge in [-0.1, -0.05) is 31.0 Å². The first-order valence-electron chi connectivity index (χ1n) is 15.1. The van der Waals surface area contributed by atoms with Gasteiger partial charge in [-0.25, -0.2) is 4.39 Å². The Labute approximate surface area is 247 Å². The lowest BCUT2D eigenvalue weighted by molar-refractivity contribution is -0.126. The number of Topliss-reactive ketones (excluding diaryl/α,β-unsaturated/α-hetero) is 2. The van der Waals surface area contributed by atoms with Gasteiger partial charge >= 0.3 is 0 Å². The average Bonchev–Trinajstić information content (AvgIpc) is 3.73. The van der Waals surface area contributed by atoms with Gasteiger partial charge in [0.25, 0.3) is 0 Å². The summed E-state index contributed by atoms with van der Waals surface area (Å²) in [5.41, 5.74) is 6.10. The minimum absolute atomic E-state index is 0.0759. The van der Waals surface area contributed by atoms with Crippen LogP contribution in [-0.2, 0) is 17.9 Å². The Morgan fingerprint density at radius 3 is 2.67 bits per heavy atom. The summed E-state index contributed by atoms with van der Waals surface area (Å²) in [6, 6.07) is 14.4. The zero-order valence-electron chi connectivity index (χ0n) is 24.4. The molecular formula is C35H38FN3O3. The summed E-state index contributed by atoms with van der Waals surface area (Å²) < 4.78 is 20.4. The number of pyridine rings is 1. The average molecular weight is 568 g/mol. The minimum Gasteiger partial charge on any atom is -0.496 e. The molecule has 6 nitrogen and oxygen atoms in total. The largest absolute Gasteiger partial charge is 0.496 e. The number of piperidine rings is 1. The molecule has 1 aliphatic carbocycles. The third-order valence-corrected chi connectivity index (χ3v) is 9.05. The van der Waals surface area contributed by atoms with Crippen LogP contribution < -0.4 is 4.74 Å². The van der Waals surface area contributed by atoms with Gasteiger partial charge in [0.2, 0.25) is 0 Å². The monoisotopic (exact) mass is 567 g/mol. The number of carbonyl (C=O) groups is 2. The number of benzene rings is 2. The van der Waals surface area contributed by atoms with E-state index in [1.165, 1.54) is 26.0 Å². The molecule has 2 atom stereocenters. The van der Waals surface area contributed by atoms with Crippen LogP contribution in [0.2, 0.25) is 0 Å². The molecule has 42 heavy (non-hydrogen) atoms. The molecule has 0 unspecified atom stereocenters. The Balaban J connectivity index is 1.18. The van der Waals surface area contributed by atoms with E-state index in [0.29, 0.717) is 55.1 Å². The first-order valence-corrected chi connectivity index (χ1v) is 15.1. The maximum Gasteiger partial charge on any atom is 0.163 e. The molecule has 3 heterocycles. The molecule has 3 aromatic rings. The van der Waals surface area contributed by atoms with Crippen molar-refractivity contribution in [2.45, 2.75) is 71.0 Å². The van der Waals surface area contributed by atoms with Gasteiger partial charge in [0.05, 0.1) is 25.4 Å². The third-order valence-electron chi connectivity index (χ3n) is 9.05. The van der Waals surface area contributed by atoms with E-state index in [4.69, 9.17) is 9.73 Å². The first kappa shape index (κ1) is 28.4. The predicted octanol–water partition coefficient (Wildman–Crippen LogP) is 6.50. The molecule has 1 saturated carbocycles. The molecule has 3 aliphatic rings. The summed E-state index contributed by atoms with van der Waals surface area (Å²) in [5, 5.41) is 0. The molecule has 2 aromatic carbocycles. The summed E-state index contributed by atoms with van der Waals surface area (Å²) >= 11 is 0. The smallest absolute Gasteiger partial charge is 0.163 e. The lowest BCUT2D eigenvalue weighted by atomic mass is 9.85. The molecule has 0 N–H and O–H groups in total. The van der Waals surface area contributed by atoms with Gasteiger partial charge in [0, 0.05) is 60.1 Å². The van der Waals surface area contributed by atoms with Crippen molar-refractivity contribution in [3.8, 4) is 5.75 Å². The van der Waals surface area contributed by atoms with Gasteiger partial charge in [-0.2, -0.15) is 0 Å². The van der Waals surface area contributed by atoms with Gasteiger partial charge in [0.1, 0.15) is 17.3 Å². The van der Waals surface area contributed by atoms with E-state index in [1.54, 1.807) is 18.3 Å². The normalized spacial score (nSPS) is 20.2. The van der Waals surface area contributed by atoms with E-state index < -0.39 is 0 Å². The number of methoxy groups -OCH3 is 1. The number of carbonyl (C=O) groups excluding carboxylic acids is 2. The highest BCUT2D eigenvalue weighted by molar-refractivity contribution is 6.16. The summed E-state index contributed by atoms with van der Waals surface area (Å²) in [6.07, 6.45) is 7.60. The van der Waals surface area contributed by atoms with Crippen LogP contribution in [0.3, 0.4) is 0 Å². The number of aryl methyl sites for hydroxylation is 1. The standard InChI is InChI=1S/C35H38FN3O3/c1-22-16-26(14-15-37-22)35-28-18-25(10-11-27(28)19-38-35)33(41)17-24-8-12-31(32(40)13-9-23-6-7-23)39(20-24)21-29-30(36)4-3-5-34(29)42-2/h3-5,10-11,14-16,18,23-24,31H,6-9,12-13,17,19-21H2,1-2H3/t24-,31-/m0/s1. The Morgan fingerprint density at radius 1 is 1.05 bits per heavy atom. The van der Waals surface area contributed by atoms with Crippen LogP contribution in [-0.4, -0.2) is 46.9 Å². The summed E-state index contributed by atoms with van der Waals surface area (Å²) in [4.78, 5) is 38.1. The molecule has 0 bridgehead atoms. The molecule has 6 rings (SSSR count). The highest BCUT2D eigenvalue weighted by Gasteiger charge is 2.35. The number of ketones is 2. The molecule has 0 radical (unpaired) electrons. The van der Waals surface area contributed by atoms with E-state index >= 15 is 0 Å². The van der Waals surface area contributed by atoms with E-state index in [2.05, 4.69) is 9.88 Å². The summed E-state index contributed by atoms with van der Waals surface area (Å²) in [5.74, 6) is 1.23. The number of rotatable bonds is 11. The molecule has 0 spiro atoms.